The molecule has 1 amide bonds. The Morgan fingerprint density at radius 3 is 2.54 bits per heavy atom. The van der Waals surface area contributed by atoms with Gasteiger partial charge in [0.2, 0.25) is 5.88 Å². The minimum Gasteiger partial charge on any atom is -0.481 e. The molecule has 0 fully saturated rings. The molecule has 0 unspecified atom stereocenters. The van der Waals surface area contributed by atoms with E-state index in [2.05, 4.69) is 15.3 Å². The van der Waals surface area contributed by atoms with Crippen LogP contribution in [0, 0.1) is 13.8 Å². The predicted octanol–water partition coefficient (Wildman–Crippen LogP) is 4.08. The Morgan fingerprint density at radius 1 is 1.12 bits per heavy atom. The number of amides is 1. The first kappa shape index (κ1) is 16.1. The lowest BCUT2D eigenvalue weighted by atomic mass is 10.0. The van der Waals surface area contributed by atoms with Gasteiger partial charge in [-0.25, -0.2) is 9.97 Å². The first-order chi connectivity index (χ1) is 11.6. The molecule has 2 aromatic heterocycles. The molecular formula is C18H17N3O2S. The van der Waals surface area contributed by atoms with E-state index < -0.39 is 0 Å². The van der Waals surface area contributed by atoms with Crippen LogP contribution in [0.25, 0.3) is 11.1 Å². The smallest absolute Gasteiger partial charge is 0.267 e. The van der Waals surface area contributed by atoms with E-state index in [4.69, 9.17) is 4.74 Å². The average molecular weight is 339 g/mol. The number of anilines is 1. The Bertz CT molecular complexity index is 872. The number of nitrogens with one attached hydrogen (secondary N) is 1. The summed E-state index contributed by atoms with van der Waals surface area (Å²) in [5.74, 6) is 0.433. The predicted molar refractivity (Wildman–Crippen MR) is 95.8 cm³/mol. The van der Waals surface area contributed by atoms with Gasteiger partial charge in [0.25, 0.3) is 5.91 Å². The molecule has 24 heavy (non-hydrogen) atoms. The summed E-state index contributed by atoms with van der Waals surface area (Å²) in [6.07, 6.45) is 1.75. The van der Waals surface area contributed by atoms with Gasteiger partial charge in [-0.3, -0.25) is 4.79 Å². The standard InChI is InChI=1S/C18H17N3O2S/c1-11-4-5-13(14-6-7-16(23-3)19-9-14)8-15(11)21-18(22)17-12(2)20-10-24-17/h4-10H,1-3H3,(H,21,22). The molecule has 0 aliphatic carbocycles. The number of benzene rings is 1. The molecule has 2 heterocycles. The van der Waals surface area contributed by atoms with Crippen molar-refractivity contribution in [2.45, 2.75) is 13.8 Å². The van der Waals surface area contributed by atoms with E-state index in [-0.39, 0.29) is 5.91 Å². The molecule has 0 atom stereocenters. The second-order valence-corrected chi connectivity index (χ2v) is 6.19. The Balaban J connectivity index is 1.88. The van der Waals surface area contributed by atoms with Gasteiger partial charge >= 0.3 is 0 Å². The van der Waals surface area contributed by atoms with E-state index in [0.717, 1.165) is 28.1 Å². The zero-order valence-corrected chi connectivity index (χ0v) is 14.5. The fraction of sp³-hybridized carbons (Fsp3) is 0.167. The number of hydrogen-bond donors (Lipinski definition) is 1. The highest BCUT2D eigenvalue weighted by molar-refractivity contribution is 7.12. The summed E-state index contributed by atoms with van der Waals surface area (Å²) in [5, 5.41) is 2.97. The first-order valence-corrected chi connectivity index (χ1v) is 8.29. The Morgan fingerprint density at radius 2 is 1.92 bits per heavy atom. The lowest BCUT2D eigenvalue weighted by Gasteiger charge is -2.11. The van der Waals surface area contributed by atoms with Crippen molar-refractivity contribution in [2.24, 2.45) is 0 Å². The molecule has 3 rings (SSSR count). The molecule has 122 valence electrons. The number of pyridine rings is 1. The molecule has 0 radical (unpaired) electrons. The minimum atomic E-state index is -0.136. The summed E-state index contributed by atoms with van der Waals surface area (Å²) in [5.41, 5.74) is 6.13. The van der Waals surface area contributed by atoms with Gasteiger partial charge in [0.1, 0.15) is 4.88 Å². The molecule has 0 bridgehead atoms. The van der Waals surface area contributed by atoms with Crippen molar-refractivity contribution in [3.63, 3.8) is 0 Å². The third-order valence-electron chi connectivity index (χ3n) is 3.72. The topological polar surface area (TPSA) is 64.1 Å². The molecule has 5 nitrogen and oxygen atoms in total. The van der Waals surface area contributed by atoms with Crippen LogP contribution < -0.4 is 10.1 Å². The van der Waals surface area contributed by atoms with E-state index >= 15 is 0 Å². The molecule has 1 aromatic carbocycles. The van der Waals surface area contributed by atoms with E-state index in [1.54, 1.807) is 18.8 Å². The molecule has 0 saturated heterocycles. The van der Waals surface area contributed by atoms with Gasteiger partial charge in [0.05, 0.1) is 18.3 Å². The van der Waals surface area contributed by atoms with Crippen LogP contribution in [0.15, 0.2) is 42.0 Å². The van der Waals surface area contributed by atoms with Crippen molar-refractivity contribution < 1.29 is 9.53 Å². The monoisotopic (exact) mass is 339 g/mol. The van der Waals surface area contributed by atoms with Crippen LogP contribution in [0.4, 0.5) is 5.69 Å². The molecular weight excluding hydrogens is 322 g/mol. The van der Waals surface area contributed by atoms with Crippen LogP contribution in [0.5, 0.6) is 5.88 Å². The summed E-state index contributed by atoms with van der Waals surface area (Å²) in [6.45, 7) is 3.79. The molecule has 6 heteroatoms. The van der Waals surface area contributed by atoms with Crippen molar-refractivity contribution in [1.29, 1.82) is 0 Å². The number of aromatic nitrogens is 2. The average Bonchev–Trinajstić information content (AvgIpc) is 3.03. The Kier molecular flexibility index (Phi) is 4.57. The van der Waals surface area contributed by atoms with Gasteiger partial charge in [-0.05, 0) is 37.1 Å². The zero-order valence-electron chi connectivity index (χ0n) is 13.7. The highest BCUT2D eigenvalue weighted by Crippen LogP contribution is 2.26. The number of carbonyl (C=O) groups excluding carboxylic acids is 1. The van der Waals surface area contributed by atoms with Gasteiger partial charge in [0.15, 0.2) is 0 Å². The summed E-state index contributed by atoms with van der Waals surface area (Å²) < 4.78 is 5.08. The fourth-order valence-corrected chi connectivity index (χ4v) is 3.00. The molecule has 0 aliphatic rings. The van der Waals surface area contributed by atoms with Gasteiger partial charge < -0.3 is 10.1 Å². The van der Waals surface area contributed by atoms with Crippen molar-refractivity contribution >= 4 is 22.9 Å². The maximum atomic E-state index is 12.4. The van der Waals surface area contributed by atoms with Crippen LogP contribution in [0.1, 0.15) is 20.9 Å². The minimum absolute atomic E-state index is 0.136. The second-order valence-electron chi connectivity index (χ2n) is 5.34. The van der Waals surface area contributed by atoms with Gasteiger partial charge in [-0.2, -0.15) is 0 Å². The van der Waals surface area contributed by atoms with Crippen LogP contribution in [-0.4, -0.2) is 23.0 Å². The number of ether oxygens (including phenoxy) is 1. The van der Waals surface area contributed by atoms with Crippen molar-refractivity contribution in [2.75, 3.05) is 12.4 Å². The molecule has 0 spiro atoms. The number of rotatable bonds is 4. The zero-order chi connectivity index (χ0) is 17.1. The van der Waals surface area contributed by atoms with Gasteiger partial charge in [-0.15, -0.1) is 11.3 Å². The maximum absolute atomic E-state index is 12.4. The van der Waals surface area contributed by atoms with Crippen molar-refractivity contribution in [1.82, 2.24) is 9.97 Å². The van der Waals surface area contributed by atoms with Crippen LogP contribution in [0.2, 0.25) is 0 Å². The third-order valence-corrected chi connectivity index (χ3v) is 4.64. The Hall–Kier alpha value is -2.73. The molecule has 0 saturated carbocycles. The maximum Gasteiger partial charge on any atom is 0.267 e. The van der Waals surface area contributed by atoms with Crippen molar-refractivity contribution in [3.8, 4) is 17.0 Å². The number of aryl methyl sites for hydroxylation is 2. The van der Waals surface area contributed by atoms with Gasteiger partial charge in [0, 0.05) is 23.5 Å². The van der Waals surface area contributed by atoms with E-state index in [0.29, 0.717) is 10.8 Å². The summed E-state index contributed by atoms with van der Waals surface area (Å²) in [6, 6.07) is 9.69. The Labute approximate surface area is 144 Å². The van der Waals surface area contributed by atoms with Crippen LogP contribution >= 0.6 is 11.3 Å². The van der Waals surface area contributed by atoms with E-state index in [1.165, 1.54) is 11.3 Å². The van der Waals surface area contributed by atoms with Crippen molar-refractivity contribution in [3.05, 3.63) is 58.2 Å². The van der Waals surface area contributed by atoms with Crippen LogP contribution in [0.3, 0.4) is 0 Å². The third kappa shape index (κ3) is 3.28. The summed E-state index contributed by atoms with van der Waals surface area (Å²) >= 11 is 1.34. The number of hydrogen-bond acceptors (Lipinski definition) is 5. The highest BCUT2D eigenvalue weighted by atomic mass is 32.1. The quantitative estimate of drug-likeness (QED) is 0.778. The van der Waals surface area contributed by atoms with Crippen LogP contribution in [-0.2, 0) is 0 Å². The first-order valence-electron chi connectivity index (χ1n) is 7.41. The van der Waals surface area contributed by atoms with Gasteiger partial charge in [-0.1, -0.05) is 12.1 Å². The normalized spacial score (nSPS) is 10.5. The summed E-state index contributed by atoms with van der Waals surface area (Å²) in [4.78, 5) is 21.4. The number of thiazole rings is 1. The van der Waals surface area contributed by atoms with E-state index in [1.807, 2.05) is 44.2 Å². The molecule has 1 N–H and O–H groups in total. The molecule has 0 aliphatic heterocycles. The SMILES string of the molecule is COc1ccc(-c2ccc(C)c(NC(=O)c3scnc3C)c2)cn1. The molecule has 3 aromatic rings. The van der Waals surface area contributed by atoms with E-state index in [9.17, 15) is 4.79 Å². The fourth-order valence-electron chi connectivity index (χ4n) is 2.31. The number of methoxy groups -OCH3 is 1. The lowest BCUT2D eigenvalue weighted by Crippen LogP contribution is -2.12. The second kappa shape index (κ2) is 6.80. The number of nitrogens with zero attached hydrogens (tertiary/aromatic N) is 2. The lowest BCUT2D eigenvalue weighted by molar-refractivity contribution is 0.102. The summed E-state index contributed by atoms with van der Waals surface area (Å²) in [7, 11) is 1.59. The number of carbonyl (C=O) groups is 1. The largest absolute Gasteiger partial charge is 0.481 e. The highest BCUT2D eigenvalue weighted by Gasteiger charge is 2.13.